The van der Waals surface area contributed by atoms with Crippen molar-refractivity contribution in [3.8, 4) is 10.6 Å². The number of thiophene rings is 1. The number of likely N-dealkylation sites (N-methyl/N-ethyl adjacent to an activating group) is 1. The van der Waals surface area contributed by atoms with Crippen molar-refractivity contribution < 1.29 is 4.79 Å². The predicted octanol–water partition coefficient (Wildman–Crippen LogP) is 1.84. The number of nitrogens with zero attached hydrogens (tertiary/aromatic N) is 3. The number of hydrogen-bond donors (Lipinski definition) is 0. The molecular weight excluding hydrogens is 274 g/mol. The average molecular weight is 291 g/mol. The Kier molecular flexibility index (Phi) is 4.68. The van der Waals surface area contributed by atoms with Crippen LogP contribution in [-0.4, -0.2) is 33.7 Å². The van der Waals surface area contributed by atoms with Gasteiger partial charge in [0.25, 0.3) is 5.56 Å². The molecule has 0 atom stereocenters. The minimum absolute atomic E-state index is 0.0142. The first-order chi connectivity index (χ1) is 9.65. The van der Waals surface area contributed by atoms with Gasteiger partial charge in [0.1, 0.15) is 12.2 Å². The topological polar surface area (TPSA) is 55.2 Å². The highest BCUT2D eigenvalue weighted by Crippen LogP contribution is 2.20. The maximum atomic E-state index is 12.1. The highest BCUT2D eigenvalue weighted by Gasteiger charge is 2.12. The number of carbonyl (C=O) groups is 1. The van der Waals surface area contributed by atoms with Crippen LogP contribution in [0.15, 0.2) is 34.4 Å². The Bertz CT molecular complexity index is 630. The molecule has 0 fully saturated rings. The van der Waals surface area contributed by atoms with Crippen molar-refractivity contribution in [2.24, 2.45) is 0 Å². The van der Waals surface area contributed by atoms with Crippen LogP contribution in [-0.2, 0) is 11.3 Å². The molecule has 0 aliphatic carbocycles. The largest absolute Gasteiger partial charge is 0.342 e. The lowest BCUT2D eigenvalue weighted by atomic mass is 10.3. The van der Waals surface area contributed by atoms with Gasteiger partial charge >= 0.3 is 0 Å². The van der Waals surface area contributed by atoms with Crippen molar-refractivity contribution in [3.05, 3.63) is 40.0 Å². The van der Waals surface area contributed by atoms with Crippen LogP contribution in [0.25, 0.3) is 10.6 Å². The van der Waals surface area contributed by atoms with Gasteiger partial charge in [-0.3, -0.25) is 9.59 Å². The molecule has 0 saturated carbocycles. The highest BCUT2D eigenvalue weighted by atomic mass is 32.1. The van der Waals surface area contributed by atoms with Crippen LogP contribution in [0.4, 0.5) is 0 Å². The normalized spacial score (nSPS) is 10.5. The third-order valence-corrected chi connectivity index (χ3v) is 3.93. The van der Waals surface area contributed by atoms with E-state index in [-0.39, 0.29) is 18.0 Å². The van der Waals surface area contributed by atoms with Crippen molar-refractivity contribution in [1.82, 2.24) is 14.7 Å². The van der Waals surface area contributed by atoms with Gasteiger partial charge in [0.05, 0.1) is 4.88 Å². The summed E-state index contributed by atoms with van der Waals surface area (Å²) < 4.78 is 1.23. The molecule has 2 heterocycles. The van der Waals surface area contributed by atoms with Gasteiger partial charge in [-0.1, -0.05) is 6.07 Å². The molecule has 2 aromatic heterocycles. The highest BCUT2D eigenvalue weighted by molar-refractivity contribution is 7.13. The molecule has 1 amide bonds. The molecule has 0 saturated heterocycles. The van der Waals surface area contributed by atoms with Crippen molar-refractivity contribution in [2.75, 3.05) is 13.1 Å². The molecule has 0 aliphatic rings. The predicted molar refractivity (Wildman–Crippen MR) is 79.7 cm³/mol. The van der Waals surface area contributed by atoms with E-state index in [4.69, 9.17) is 0 Å². The molecule has 0 aliphatic heterocycles. The first-order valence-electron chi connectivity index (χ1n) is 6.55. The quantitative estimate of drug-likeness (QED) is 0.844. The van der Waals surface area contributed by atoms with E-state index < -0.39 is 0 Å². The number of hydrogen-bond acceptors (Lipinski definition) is 4. The van der Waals surface area contributed by atoms with Crippen LogP contribution in [0.3, 0.4) is 0 Å². The van der Waals surface area contributed by atoms with Crippen LogP contribution in [0.1, 0.15) is 13.8 Å². The van der Waals surface area contributed by atoms with Crippen LogP contribution < -0.4 is 5.56 Å². The monoisotopic (exact) mass is 291 g/mol. The second-order valence-electron chi connectivity index (χ2n) is 4.26. The van der Waals surface area contributed by atoms with Gasteiger partial charge in [-0.25, -0.2) is 4.68 Å². The summed E-state index contributed by atoms with van der Waals surface area (Å²) in [6, 6.07) is 7.01. The second-order valence-corrected chi connectivity index (χ2v) is 5.21. The molecule has 0 aromatic carbocycles. The molecule has 106 valence electrons. The summed E-state index contributed by atoms with van der Waals surface area (Å²) in [5.41, 5.74) is 0.456. The standard InChI is InChI=1S/C14H17N3O2S/c1-3-16(4-2)14(19)10-17-13(18)8-7-11(15-17)12-6-5-9-20-12/h5-9H,3-4,10H2,1-2H3. The van der Waals surface area contributed by atoms with E-state index in [0.717, 1.165) is 4.88 Å². The van der Waals surface area contributed by atoms with Crippen LogP contribution in [0, 0.1) is 0 Å². The zero-order valence-electron chi connectivity index (χ0n) is 11.6. The van der Waals surface area contributed by atoms with Gasteiger partial charge < -0.3 is 4.90 Å². The molecule has 0 spiro atoms. The fourth-order valence-electron chi connectivity index (χ4n) is 1.92. The summed E-state index contributed by atoms with van der Waals surface area (Å²) in [6.45, 7) is 5.09. The summed E-state index contributed by atoms with van der Waals surface area (Å²) in [4.78, 5) is 26.5. The van der Waals surface area contributed by atoms with Crippen LogP contribution >= 0.6 is 11.3 Å². The third-order valence-electron chi connectivity index (χ3n) is 3.04. The number of aromatic nitrogens is 2. The Morgan fingerprint density at radius 2 is 2.05 bits per heavy atom. The lowest BCUT2D eigenvalue weighted by Gasteiger charge is -2.18. The number of carbonyl (C=O) groups excluding carboxylic acids is 1. The van der Waals surface area contributed by atoms with Crippen LogP contribution in [0.5, 0.6) is 0 Å². The summed E-state index contributed by atoms with van der Waals surface area (Å²) in [5.74, 6) is -0.0899. The molecule has 2 aromatic rings. The Labute approximate surface area is 121 Å². The van der Waals surface area contributed by atoms with E-state index in [0.29, 0.717) is 18.8 Å². The van der Waals surface area contributed by atoms with Gasteiger partial charge in [-0.15, -0.1) is 11.3 Å². The minimum atomic E-state index is -0.259. The summed E-state index contributed by atoms with van der Waals surface area (Å²) >= 11 is 1.55. The van der Waals surface area contributed by atoms with Crippen molar-refractivity contribution in [2.45, 2.75) is 20.4 Å². The number of rotatable bonds is 5. The molecule has 2 rings (SSSR count). The molecule has 0 unspecified atom stereocenters. The molecule has 20 heavy (non-hydrogen) atoms. The Morgan fingerprint density at radius 1 is 1.30 bits per heavy atom. The first kappa shape index (κ1) is 14.5. The maximum Gasteiger partial charge on any atom is 0.267 e. The van der Waals surface area contributed by atoms with E-state index in [1.54, 1.807) is 22.3 Å². The molecule has 5 nitrogen and oxygen atoms in total. The van der Waals surface area contributed by atoms with Crippen LogP contribution in [0.2, 0.25) is 0 Å². The maximum absolute atomic E-state index is 12.1. The second kappa shape index (κ2) is 6.47. The van der Waals surface area contributed by atoms with Crippen molar-refractivity contribution in [1.29, 1.82) is 0 Å². The lowest BCUT2D eigenvalue weighted by molar-refractivity contribution is -0.131. The van der Waals surface area contributed by atoms with E-state index in [1.165, 1.54) is 10.7 Å². The Balaban J connectivity index is 2.26. The van der Waals surface area contributed by atoms with E-state index in [1.807, 2.05) is 31.4 Å². The SMILES string of the molecule is CCN(CC)C(=O)Cn1nc(-c2cccs2)ccc1=O. The zero-order valence-corrected chi connectivity index (χ0v) is 12.4. The molecule has 0 bridgehead atoms. The van der Waals surface area contributed by atoms with Gasteiger partial charge in [0.15, 0.2) is 0 Å². The van der Waals surface area contributed by atoms with E-state index >= 15 is 0 Å². The van der Waals surface area contributed by atoms with Crippen molar-refractivity contribution >= 4 is 17.2 Å². The fourth-order valence-corrected chi connectivity index (χ4v) is 2.61. The zero-order chi connectivity index (χ0) is 14.5. The summed E-state index contributed by atoms with van der Waals surface area (Å²) in [5, 5.41) is 6.22. The van der Waals surface area contributed by atoms with Gasteiger partial charge in [0.2, 0.25) is 5.91 Å². The lowest BCUT2D eigenvalue weighted by Crippen LogP contribution is -2.37. The molecular formula is C14H17N3O2S. The van der Waals surface area contributed by atoms with E-state index in [2.05, 4.69) is 5.10 Å². The van der Waals surface area contributed by atoms with Gasteiger partial charge in [-0.2, -0.15) is 5.10 Å². The van der Waals surface area contributed by atoms with Gasteiger partial charge in [0, 0.05) is 19.2 Å². The Hall–Kier alpha value is -1.95. The average Bonchev–Trinajstić information content (AvgIpc) is 2.96. The van der Waals surface area contributed by atoms with Gasteiger partial charge in [-0.05, 0) is 31.4 Å². The number of amides is 1. The van der Waals surface area contributed by atoms with Crippen molar-refractivity contribution in [3.63, 3.8) is 0 Å². The first-order valence-corrected chi connectivity index (χ1v) is 7.43. The minimum Gasteiger partial charge on any atom is -0.342 e. The fraction of sp³-hybridized carbons (Fsp3) is 0.357. The smallest absolute Gasteiger partial charge is 0.267 e. The molecule has 0 radical (unpaired) electrons. The summed E-state index contributed by atoms with van der Waals surface area (Å²) in [7, 11) is 0. The molecule has 0 N–H and O–H groups in total. The third kappa shape index (κ3) is 3.14. The Morgan fingerprint density at radius 3 is 2.65 bits per heavy atom. The molecule has 6 heteroatoms. The summed E-state index contributed by atoms with van der Waals surface area (Å²) in [6.07, 6.45) is 0. The van der Waals surface area contributed by atoms with E-state index in [9.17, 15) is 9.59 Å².